The lowest BCUT2D eigenvalue weighted by Gasteiger charge is -2.17. The minimum Gasteiger partial charge on any atom is -0.497 e. The zero-order valence-corrected chi connectivity index (χ0v) is 18.8. The topological polar surface area (TPSA) is 105 Å². The Hall–Kier alpha value is -2.91. The number of nitrogens with zero attached hydrogens (tertiary/aromatic N) is 1. The van der Waals surface area contributed by atoms with Gasteiger partial charge in [-0.2, -0.15) is 0 Å². The van der Waals surface area contributed by atoms with E-state index < -0.39 is 10.0 Å². The molecule has 0 saturated heterocycles. The van der Waals surface area contributed by atoms with Crippen LogP contribution in [0.5, 0.6) is 5.75 Å². The number of carbonyl (C=O) groups is 2. The number of anilines is 1. The Kier molecular flexibility index (Phi) is 6.48. The van der Waals surface area contributed by atoms with Crippen LogP contribution in [0.3, 0.4) is 0 Å². The lowest BCUT2D eigenvalue weighted by atomic mass is 10.2. The van der Waals surface area contributed by atoms with Gasteiger partial charge in [0.1, 0.15) is 5.75 Å². The zero-order valence-electron chi connectivity index (χ0n) is 18.0. The molecule has 1 heterocycles. The van der Waals surface area contributed by atoms with E-state index in [0.717, 1.165) is 35.4 Å². The van der Waals surface area contributed by atoms with E-state index in [4.69, 9.17) is 4.74 Å². The zero-order chi connectivity index (χ0) is 22.7. The van der Waals surface area contributed by atoms with Gasteiger partial charge in [-0.05, 0) is 60.7 Å². The third-order valence-electron chi connectivity index (χ3n) is 5.74. The fourth-order valence-electron chi connectivity index (χ4n) is 3.74. The Labute approximate surface area is 188 Å². The number of carbonyl (C=O) groups excluding carboxylic acids is 2. The number of hydrogen-bond donors (Lipinski definition) is 2. The highest BCUT2D eigenvalue weighted by molar-refractivity contribution is 7.89. The van der Waals surface area contributed by atoms with Gasteiger partial charge >= 0.3 is 0 Å². The van der Waals surface area contributed by atoms with Crippen molar-refractivity contribution in [2.24, 2.45) is 5.92 Å². The minimum absolute atomic E-state index is 0.000154. The quantitative estimate of drug-likeness (QED) is 0.599. The van der Waals surface area contributed by atoms with Crippen LogP contribution in [0.1, 0.15) is 30.4 Å². The van der Waals surface area contributed by atoms with E-state index in [0.29, 0.717) is 19.5 Å². The largest absolute Gasteiger partial charge is 0.497 e. The normalized spacial score (nSPS) is 15.3. The maximum absolute atomic E-state index is 12.7. The lowest BCUT2D eigenvalue weighted by Crippen LogP contribution is -2.31. The van der Waals surface area contributed by atoms with E-state index in [2.05, 4.69) is 10.0 Å². The van der Waals surface area contributed by atoms with Crippen LogP contribution in [0.4, 0.5) is 5.69 Å². The number of hydrogen-bond acceptors (Lipinski definition) is 5. The molecule has 2 N–H and O–H groups in total. The fourth-order valence-corrected chi connectivity index (χ4v) is 4.82. The van der Waals surface area contributed by atoms with Crippen LogP contribution < -0.4 is 19.7 Å². The van der Waals surface area contributed by atoms with E-state index >= 15 is 0 Å². The lowest BCUT2D eigenvalue weighted by molar-refractivity contribution is -0.121. The molecule has 1 aliphatic carbocycles. The van der Waals surface area contributed by atoms with Crippen LogP contribution in [0.15, 0.2) is 47.4 Å². The van der Waals surface area contributed by atoms with E-state index in [1.165, 1.54) is 6.07 Å². The van der Waals surface area contributed by atoms with Crippen LogP contribution in [0.2, 0.25) is 0 Å². The summed E-state index contributed by atoms with van der Waals surface area (Å²) in [4.78, 5) is 26.4. The van der Waals surface area contributed by atoms with E-state index in [9.17, 15) is 18.0 Å². The number of fused-ring (bicyclic) bond motifs is 1. The van der Waals surface area contributed by atoms with E-state index in [1.807, 2.05) is 24.3 Å². The Morgan fingerprint density at radius 2 is 1.88 bits per heavy atom. The number of nitrogens with one attached hydrogen (secondary N) is 2. The third-order valence-corrected chi connectivity index (χ3v) is 7.20. The molecule has 2 amide bonds. The molecule has 0 atom stereocenters. The van der Waals surface area contributed by atoms with Gasteiger partial charge in [-0.1, -0.05) is 12.1 Å². The predicted molar refractivity (Wildman–Crippen MR) is 120 cm³/mol. The van der Waals surface area contributed by atoms with Crippen molar-refractivity contribution in [3.05, 3.63) is 53.6 Å². The highest BCUT2D eigenvalue weighted by atomic mass is 32.2. The fraction of sp³-hybridized carbons (Fsp3) is 0.391. The molecule has 2 aromatic rings. The highest BCUT2D eigenvalue weighted by Crippen LogP contribution is 2.37. The monoisotopic (exact) mass is 457 g/mol. The molecule has 170 valence electrons. The number of benzene rings is 2. The van der Waals surface area contributed by atoms with Crippen molar-refractivity contribution >= 4 is 27.5 Å². The summed E-state index contributed by atoms with van der Waals surface area (Å²) in [5.74, 6) is 0.759. The number of methoxy groups -OCH3 is 1. The van der Waals surface area contributed by atoms with Gasteiger partial charge in [0.2, 0.25) is 21.8 Å². The van der Waals surface area contributed by atoms with E-state index in [-0.39, 0.29) is 35.6 Å². The summed E-state index contributed by atoms with van der Waals surface area (Å²) in [6.07, 6.45) is 2.55. The van der Waals surface area contributed by atoms with Crippen LogP contribution in [-0.4, -0.2) is 40.4 Å². The molecule has 1 aliphatic heterocycles. The number of ether oxygens (including phenoxy) is 1. The Bertz CT molecular complexity index is 1110. The third kappa shape index (κ3) is 5.11. The van der Waals surface area contributed by atoms with Crippen molar-refractivity contribution in [3.8, 4) is 5.75 Å². The predicted octanol–water partition coefficient (Wildman–Crippen LogP) is 1.98. The summed E-state index contributed by atoms with van der Waals surface area (Å²) < 4.78 is 32.9. The van der Waals surface area contributed by atoms with Gasteiger partial charge in [0.15, 0.2) is 0 Å². The van der Waals surface area contributed by atoms with Gasteiger partial charge in [-0.3, -0.25) is 9.59 Å². The van der Waals surface area contributed by atoms with E-state index in [1.54, 1.807) is 24.1 Å². The second-order valence-corrected chi connectivity index (χ2v) is 9.84. The summed E-state index contributed by atoms with van der Waals surface area (Å²) in [5.41, 5.74) is 2.59. The molecule has 1 fully saturated rings. The van der Waals surface area contributed by atoms with Crippen LogP contribution in [0, 0.1) is 5.92 Å². The highest BCUT2D eigenvalue weighted by Gasteiger charge is 2.36. The van der Waals surface area contributed by atoms with Gasteiger partial charge in [0, 0.05) is 37.7 Å². The minimum atomic E-state index is -3.74. The van der Waals surface area contributed by atoms with Crippen LogP contribution in [0.25, 0.3) is 0 Å². The van der Waals surface area contributed by atoms with Crippen molar-refractivity contribution in [2.45, 2.75) is 37.1 Å². The summed E-state index contributed by atoms with van der Waals surface area (Å²) in [5, 5.41) is 2.77. The Morgan fingerprint density at radius 1 is 1.12 bits per heavy atom. The maximum Gasteiger partial charge on any atom is 0.240 e. The molecule has 0 bridgehead atoms. The van der Waals surface area contributed by atoms with Crippen molar-refractivity contribution in [1.29, 1.82) is 0 Å². The Morgan fingerprint density at radius 3 is 2.56 bits per heavy atom. The molecular formula is C23H27N3O5S. The molecule has 2 aliphatic rings. The number of sulfonamides is 1. The molecule has 0 radical (unpaired) electrons. The molecule has 0 aromatic heterocycles. The average Bonchev–Trinajstić information content (AvgIpc) is 3.56. The van der Waals surface area contributed by atoms with Crippen molar-refractivity contribution in [3.63, 3.8) is 0 Å². The first-order valence-electron chi connectivity index (χ1n) is 10.7. The van der Waals surface area contributed by atoms with Gasteiger partial charge in [-0.15, -0.1) is 0 Å². The second-order valence-electron chi connectivity index (χ2n) is 8.08. The van der Waals surface area contributed by atoms with Crippen molar-refractivity contribution < 1.29 is 22.7 Å². The molecule has 1 saturated carbocycles. The van der Waals surface area contributed by atoms with Gasteiger partial charge < -0.3 is 15.0 Å². The van der Waals surface area contributed by atoms with Crippen LogP contribution >= 0.6 is 0 Å². The van der Waals surface area contributed by atoms with Gasteiger partial charge in [0.25, 0.3) is 0 Å². The summed E-state index contributed by atoms with van der Waals surface area (Å²) >= 11 is 0. The maximum atomic E-state index is 12.7. The first kappa shape index (κ1) is 22.3. The molecule has 8 nitrogen and oxygen atoms in total. The first-order chi connectivity index (χ1) is 15.4. The number of rotatable bonds is 9. The molecule has 32 heavy (non-hydrogen) atoms. The molecule has 4 rings (SSSR count). The van der Waals surface area contributed by atoms with Gasteiger partial charge in [-0.25, -0.2) is 13.1 Å². The second kappa shape index (κ2) is 9.30. The Balaban J connectivity index is 1.27. The first-order valence-corrected chi connectivity index (χ1v) is 12.2. The van der Waals surface area contributed by atoms with Crippen molar-refractivity contribution in [1.82, 2.24) is 10.0 Å². The molecule has 2 aromatic carbocycles. The number of amides is 2. The SMILES string of the molecule is COc1ccc(CNC(=O)CCNS(=O)(=O)c2ccc3c(c2)CCN3C(=O)C2CC2)cc1. The summed E-state index contributed by atoms with van der Waals surface area (Å²) in [6, 6.07) is 12.2. The van der Waals surface area contributed by atoms with Gasteiger partial charge in [0.05, 0.1) is 12.0 Å². The van der Waals surface area contributed by atoms with Crippen molar-refractivity contribution in [2.75, 3.05) is 25.1 Å². The molecule has 0 unspecified atom stereocenters. The standard InChI is InChI=1S/C23H27N3O5S/c1-31-19-6-2-16(3-7-19)15-24-22(27)10-12-25-32(29,30)20-8-9-21-18(14-20)11-13-26(21)23(28)17-4-5-17/h2-3,6-9,14,17,25H,4-5,10-13,15H2,1H3,(H,24,27). The smallest absolute Gasteiger partial charge is 0.240 e. The molecule has 0 spiro atoms. The molecule has 9 heteroatoms. The average molecular weight is 458 g/mol. The molecular weight excluding hydrogens is 430 g/mol. The summed E-state index contributed by atoms with van der Waals surface area (Å²) in [7, 11) is -2.15. The summed E-state index contributed by atoms with van der Waals surface area (Å²) in [6.45, 7) is 0.951. The van der Waals surface area contributed by atoms with Crippen LogP contribution in [-0.2, 0) is 32.6 Å².